The van der Waals surface area contributed by atoms with Crippen molar-refractivity contribution in [2.24, 2.45) is 0 Å². The second kappa shape index (κ2) is 7.04. The number of benzene rings is 1. The summed E-state index contributed by atoms with van der Waals surface area (Å²) in [5.74, 6) is 0.470. The van der Waals surface area contributed by atoms with Crippen LogP contribution >= 0.6 is 0 Å². The van der Waals surface area contributed by atoms with Gasteiger partial charge in [-0.1, -0.05) is 12.1 Å². The van der Waals surface area contributed by atoms with Gasteiger partial charge in [-0.3, -0.25) is 9.88 Å². The van der Waals surface area contributed by atoms with Crippen molar-refractivity contribution in [3.05, 3.63) is 53.2 Å². The van der Waals surface area contributed by atoms with Crippen LogP contribution in [0.25, 0.3) is 0 Å². The summed E-state index contributed by atoms with van der Waals surface area (Å²) in [5, 5.41) is 0. The quantitative estimate of drug-likeness (QED) is 0.868. The molecule has 3 rings (SSSR count). The third-order valence-electron chi connectivity index (χ3n) is 4.16. The summed E-state index contributed by atoms with van der Waals surface area (Å²) < 4.78 is 19.0. The highest BCUT2D eigenvalue weighted by Gasteiger charge is 2.21. The van der Waals surface area contributed by atoms with Crippen LogP contribution in [0.3, 0.4) is 0 Å². The Morgan fingerprint density at radius 2 is 1.87 bits per heavy atom. The molecule has 2 aromatic rings. The molecule has 0 bridgehead atoms. The van der Waals surface area contributed by atoms with Crippen molar-refractivity contribution in [1.82, 2.24) is 14.9 Å². The van der Waals surface area contributed by atoms with Gasteiger partial charge in [0, 0.05) is 25.8 Å². The third kappa shape index (κ3) is 4.26. The maximum absolute atomic E-state index is 12.9. The molecular formula is C18H22FN3O. The molecule has 1 saturated heterocycles. The first-order chi connectivity index (χ1) is 11.1. The Morgan fingerprint density at radius 3 is 2.57 bits per heavy atom. The highest BCUT2D eigenvalue weighted by molar-refractivity contribution is 5.18. The number of aryl methyl sites for hydroxylation is 2. The first kappa shape index (κ1) is 15.9. The van der Waals surface area contributed by atoms with Gasteiger partial charge < -0.3 is 4.74 Å². The van der Waals surface area contributed by atoms with Crippen molar-refractivity contribution < 1.29 is 9.13 Å². The molecule has 0 saturated carbocycles. The maximum Gasteiger partial charge on any atom is 0.235 e. The molecule has 122 valence electrons. The molecule has 23 heavy (non-hydrogen) atoms. The molecule has 0 N–H and O–H groups in total. The van der Waals surface area contributed by atoms with E-state index in [-0.39, 0.29) is 11.9 Å². The fraction of sp³-hybridized carbons (Fsp3) is 0.444. The summed E-state index contributed by atoms with van der Waals surface area (Å²) in [4.78, 5) is 11.1. The predicted octanol–water partition coefficient (Wildman–Crippen LogP) is 3.28. The lowest BCUT2D eigenvalue weighted by Crippen LogP contribution is -2.38. The fourth-order valence-electron chi connectivity index (χ4n) is 2.82. The molecule has 0 aliphatic carbocycles. The highest BCUT2D eigenvalue weighted by Crippen LogP contribution is 2.20. The molecule has 0 spiro atoms. The van der Waals surface area contributed by atoms with Crippen molar-refractivity contribution in [3.8, 4) is 5.88 Å². The van der Waals surface area contributed by atoms with E-state index in [0.29, 0.717) is 5.88 Å². The number of rotatable bonds is 4. The van der Waals surface area contributed by atoms with Crippen LogP contribution in [0.1, 0.15) is 29.8 Å². The van der Waals surface area contributed by atoms with Crippen molar-refractivity contribution in [2.45, 2.75) is 39.3 Å². The van der Waals surface area contributed by atoms with Gasteiger partial charge in [0.2, 0.25) is 5.88 Å². The Balaban J connectivity index is 1.52. The first-order valence-corrected chi connectivity index (χ1v) is 8.04. The van der Waals surface area contributed by atoms with Crippen LogP contribution in [0.5, 0.6) is 5.88 Å². The topological polar surface area (TPSA) is 38.2 Å². The van der Waals surface area contributed by atoms with Crippen LogP contribution in [-0.4, -0.2) is 34.1 Å². The van der Waals surface area contributed by atoms with Crippen molar-refractivity contribution >= 4 is 0 Å². The minimum absolute atomic E-state index is 0.185. The van der Waals surface area contributed by atoms with Crippen LogP contribution in [0.15, 0.2) is 30.5 Å². The van der Waals surface area contributed by atoms with Gasteiger partial charge in [-0.15, -0.1) is 0 Å². The van der Waals surface area contributed by atoms with Crippen LogP contribution in [0.2, 0.25) is 0 Å². The van der Waals surface area contributed by atoms with E-state index >= 15 is 0 Å². The smallest absolute Gasteiger partial charge is 0.235 e. The van der Waals surface area contributed by atoms with E-state index in [1.54, 1.807) is 6.20 Å². The summed E-state index contributed by atoms with van der Waals surface area (Å²) in [6, 6.07) is 6.74. The molecule has 1 aliphatic rings. The van der Waals surface area contributed by atoms with Crippen molar-refractivity contribution in [2.75, 3.05) is 13.1 Å². The molecule has 4 nitrogen and oxygen atoms in total. The number of aromatic nitrogens is 2. The normalized spacial score (nSPS) is 16.5. The van der Waals surface area contributed by atoms with Crippen molar-refractivity contribution in [1.29, 1.82) is 0 Å². The zero-order valence-corrected chi connectivity index (χ0v) is 13.6. The standard InChI is InChI=1S/C18H22FN3O/c1-13-11-20-14(2)18(21-13)23-17-7-9-22(10-8-17)12-15-3-5-16(19)6-4-15/h3-6,11,17H,7-10,12H2,1-2H3. The SMILES string of the molecule is Cc1cnc(C)c(OC2CCN(Cc3ccc(F)cc3)CC2)n1. The summed E-state index contributed by atoms with van der Waals surface area (Å²) >= 11 is 0. The van der Waals surface area contributed by atoms with E-state index in [0.717, 1.165) is 49.4 Å². The Bertz CT molecular complexity index is 652. The summed E-state index contributed by atoms with van der Waals surface area (Å²) in [5.41, 5.74) is 2.86. The van der Waals surface area contributed by atoms with E-state index in [9.17, 15) is 4.39 Å². The van der Waals surface area contributed by atoms with Gasteiger partial charge in [0.05, 0.1) is 11.4 Å². The summed E-state index contributed by atoms with van der Waals surface area (Å²) in [6.07, 6.45) is 3.88. The van der Waals surface area contributed by atoms with E-state index in [2.05, 4.69) is 14.9 Å². The average molecular weight is 315 g/mol. The monoisotopic (exact) mass is 315 g/mol. The molecule has 1 aromatic carbocycles. The lowest BCUT2D eigenvalue weighted by Gasteiger charge is -2.32. The molecule has 1 aromatic heterocycles. The summed E-state index contributed by atoms with van der Waals surface area (Å²) in [7, 11) is 0. The van der Waals surface area contributed by atoms with Crippen LogP contribution in [-0.2, 0) is 6.54 Å². The largest absolute Gasteiger partial charge is 0.473 e. The summed E-state index contributed by atoms with van der Waals surface area (Å²) in [6.45, 7) is 6.65. The number of likely N-dealkylation sites (tertiary alicyclic amines) is 1. The zero-order chi connectivity index (χ0) is 16.2. The van der Waals surface area contributed by atoms with Gasteiger partial charge in [0.15, 0.2) is 0 Å². The minimum Gasteiger partial charge on any atom is -0.473 e. The lowest BCUT2D eigenvalue weighted by molar-refractivity contribution is 0.0920. The van der Waals surface area contributed by atoms with E-state index in [4.69, 9.17) is 4.74 Å². The molecule has 5 heteroatoms. The number of ether oxygens (including phenoxy) is 1. The van der Waals surface area contributed by atoms with Crippen LogP contribution in [0.4, 0.5) is 4.39 Å². The number of hydrogen-bond acceptors (Lipinski definition) is 4. The van der Waals surface area contributed by atoms with E-state index in [1.807, 2.05) is 26.0 Å². The van der Waals surface area contributed by atoms with E-state index in [1.165, 1.54) is 12.1 Å². The molecule has 1 fully saturated rings. The predicted molar refractivity (Wildman–Crippen MR) is 86.8 cm³/mol. The van der Waals surface area contributed by atoms with Gasteiger partial charge in [-0.2, -0.15) is 0 Å². The number of nitrogens with zero attached hydrogens (tertiary/aromatic N) is 3. The number of halogens is 1. The average Bonchev–Trinajstić information content (AvgIpc) is 2.55. The molecule has 0 unspecified atom stereocenters. The van der Waals surface area contributed by atoms with Gasteiger partial charge in [-0.05, 0) is 44.4 Å². The minimum atomic E-state index is -0.185. The zero-order valence-electron chi connectivity index (χ0n) is 13.6. The molecule has 0 atom stereocenters. The Morgan fingerprint density at radius 1 is 1.17 bits per heavy atom. The fourth-order valence-corrected chi connectivity index (χ4v) is 2.82. The Labute approximate surface area is 136 Å². The molecule has 1 aliphatic heterocycles. The molecule has 0 radical (unpaired) electrons. The van der Waals surface area contributed by atoms with Crippen LogP contribution < -0.4 is 4.74 Å². The second-order valence-corrected chi connectivity index (χ2v) is 6.12. The molecule has 2 heterocycles. The lowest BCUT2D eigenvalue weighted by atomic mass is 10.1. The number of hydrogen-bond donors (Lipinski definition) is 0. The van der Waals surface area contributed by atoms with Gasteiger partial charge >= 0.3 is 0 Å². The number of piperidine rings is 1. The second-order valence-electron chi connectivity index (χ2n) is 6.12. The maximum atomic E-state index is 12.9. The van der Waals surface area contributed by atoms with Gasteiger partial charge in [0.25, 0.3) is 0 Å². The van der Waals surface area contributed by atoms with Crippen LogP contribution in [0, 0.1) is 19.7 Å². The van der Waals surface area contributed by atoms with Crippen molar-refractivity contribution in [3.63, 3.8) is 0 Å². The first-order valence-electron chi connectivity index (χ1n) is 8.04. The van der Waals surface area contributed by atoms with Gasteiger partial charge in [-0.25, -0.2) is 9.37 Å². The third-order valence-corrected chi connectivity index (χ3v) is 4.16. The van der Waals surface area contributed by atoms with Gasteiger partial charge in [0.1, 0.15) is 11.9 Å². The Kier molecular flexibility index (Phi) is 4.86. The molecule has 0 amide bonds. The highest BCUT2D eigenvalue weighted by atomic mass is 19.1. The Hall–Kier alpha value is -2.01. The molecular weight excluding hydrogens is 293 g/mol. The van der Waals surface area contributed by atoms with E-state index < -0.39 is 0 Å².